The van der Waals surface area contributed by atoms with Gasteiger partial charge in [-0.3, -0.25) is 9.98 Å². The fraction of sp³-hybridized carbons (Fsp3) is 0.632. The van der Waals surface area contributed by atoms with Gasteiger partial charge in [-0.1, -0.05) is 143 Å². The third kappa shape index (κ3) is 14.7. The molecule has 5 heteroatoms. The number of nitrogens with zero attached hydrogens (tertiary/aromatic N) is 2. The van der Waals surface area contributed by atoms with E-state index in [4.69, 9.17) is 9.98 Å². The first-order valence-corrected chi connectivity index (χ1v) is 24.4. The molecule has 0 fully saturated rings. The molecule has 0 aliphatic carbocycles. The zero-order valence-corrected chi connectivity index (χ0v) is 33.0. The van der Waals surface area contributed by atoms with Gasteiger partial charge in [0.1, 0.15) is 0 Å². The quantitative estimate of drug-likeness (QED) is 0.0787. The smallest absolute Gasteiger partial charge is 0.0633 e. The van der Waals surface area contributed by atoms with Crippen molar-refractivity contribution < 1.29 is 20.4 Å². The van der Waals surface area contributed by atoms with Gasteiger partial charge in [-0.15, -0.1) is 0 Å². The molecule has 0 aliphatic rings. The van der Waals surface area contributed by atoms with E-state index in [1.54, 1.807) is 0 Å². The van der Waals surface area contributed by atoms with E-state index in [2.05, 4.69) is 116 Å². The molecule has 0 saturated heterocycles. The van der Waals surface area contributed by atoms with E-state index >= 15 is 0 Å². The van der Waals surface area contributed by atoms with Gasteiger partial charge in [-0.25, -0.2) is 0 Å². The van der Waals surface area contributed by atoms with E-state index in [0.29, 0.717) is 11.1 Å². The number of unbranched alkanes of at least 4 members (excludes halogenated alkanes) is 8. The Hall–Kier alpha value is -1.12. The molecule has 0 saturated carbocycles. The summed E-state index contributed by atoms with van der Waals surface area (Å²) in [6.07, 6.45) is 14.8. The Bertz CT molecular complexity index is 1090. The van der Waals surface area contributed by atoms with Gasteiger partial charge in [0.2, 0.25) is 0 Å². The Morgan fingerprint density at radius 2 is 0.814 bits per heavy atom. The molecule has 2 rings (SSSR count). The van der Waals surface area contributed by atoms with Gasteiger partial charge < -0.3 is 0 Å². The van der Waals surface area contributed by atoms with Gasteiger partial charge in [0.25, 0.3) is 0 Å². The second-order valence-electron chi connectivity index (χ2n) is 14.8. The Morgan fingerprint density at radius 1 is 0.512 bits per heavy atom. The maximum Gasteiger partial charge on any atom is 0.0633 e. The van der Waals surface area contributed by atoms with Crippen LogP contribution in [0, 0.1) is 0 Å². The monoisotopic (exact) mass is 710 g/mol. The van der Waals surface area contributed by atoms with E-state index < -0.39 is 16.1 Å². The summed E-state index contributed by atoms with van der Waals surface area (Å²) in [5.41, 5.74) is 8.72. The zero-order valence-electron chi connectivity index (χ0n) is 29.5. The van der Waals surface area contributed by atoms with Crippen molar-refractivity contribution in [3.63, 3.8) is 0 Å². The topological polar surface area (TPSA) is 24.7 Å². The Labute approximate surface area is 282 Å². The van der Waals surface area contributed by atoms with Crippen LogP contribution in [0.4, 0.5) is 11.4 Å². The first-order chi connectivity index (χ1) is 19.9. The summed E-state index contributed by atoms with van der Waals surface area (Å²) in [6.45, 7) is 24.1. The molecule has 0 amide bonds. The maximum absolute atomic E-state index is 5.33. The summed E-state index contributed by atoms with van der Waals surface area (Å²) in [4.78, 5) is 10.7. The van der Waals surface area contributed by atoms with Crippen molar-refractivity contribution >= 4 is 38.9 Å². The van der Waals surface area contributed by atoms with Crippen molar-refractivity contribution in [2.75, 3.05) is 0 Å². The van der Waals surface area contributed by atoms with Gasteiger partial charge in [0.05, 0.1) is 38.9 Å². The minimum absolute atomic E-state index is 0. The van der Waals surface area contributed by atoms with Crippen LogP contribution in [-0.4, -0.2) is 27.6 Å². The summed E-state index contributed by atoms with van der Waals surface area (Å²) in [6, 6.07) is 18.3. The Kier molecular flexibility index (Phi) is 18.6. The fourth-order valence-electron chi connectivity index (χ4n) is 5.31. The third-order valence-electron chi connectivity index (χ3n) is 9.28. The maximum atomic E-state index is 5.33. The summed E-state index contributed by atoms with van der Waals surface area (Å²) in [5, 5.41) is 0. The van der Waals surface area contributed by atoms with Crippen LogP contribution in [0.2, 0.25) is 39.3 Å². The number of hydrogen-bond acceptors (Lipinski definition) is 2. The zero-order chi connectivity index (χ0) is 31.2. The van der Waals surface area contributed by atoms with Crippen molar-refractivity contribution in [3.05, 3.63) is 59.7 Å². The van der Waals surface area contributed by atoms with Crippen LogP contribution in [0.3, 0.4) is 0 Å². The molecule has 2 aromatic carbocycles. The van der Waals surface area contributed by atoms with Crippen LogP contribution < -0.4 is 0 Å². The summed E-state index contributed by atoms with van der Waals surface area (Å²) in [5.74, 6) is 0. The molecule has 2 aromatic rings. The molecule has 43 heavy (non-hydrogen) atoms. The van der Waals surface area contributed by atoms with Crippen LogP contribution in [0.1, 0.15) is 127 Å². The van der Waals surface area contributed by atoms with Crippen molar-refractivity contribution in [1.29, 1.82) is 0 Å². The molecule has 0 aromatic heterocycles. The molecule has 0 heterocycles. The Morgan fingerprint density at radius 3 is 1.14 bits per heavy atom. The minimum Gasteiger partial charge on any atom is -0.252 e. The minimum atomic E-state index is -1.24. The molecule has 0 N–H and O–H groups in total. The summed E-state index contributed by atoms with van der Waals surface area (Å²) < 4.78 is 0. The normalized spacial score (nSPS) is 14.4. The summed E-state index contributed by atoms with van der Waals surface area (Å²) >= 11 is 0. The largest absolute Gasteiger partial charge is 0.252 e. The number of benzene rings is 2. The molecular formula is C38H64N2PdSi2. The van der Waals surface area contributed by atoms with Gasteiger partial charge in [0.15, 0.2) is 0 Å². The molecule has 244 valence electrons. The van der Waals surface area contributed by atoms with Crippen LogP contribution in [0.25, 0.3) is 0 Å². The van der Waals surface area contributed by atoms with Gasteiger partial charge in [0, 0.05) is 20.4 Å². The SMILES string of the molecule is CCCCCCCCC(=N\c1ccc(C(C)[Si](C)(C)C)cc1)/C(CCCCCC)=N/c1ccc(C(C)[Si](C)(C)C)cc1.[Pd]. The molecule has 0 radical (unpaired) electrons. The van der Waals surface area contributed by atoms with Crippen LogP contribution >= 0.6 is 0 Å². The molecule has 2 atom stereocenters. The molecule has 0 aliphatic heterocycles. The molecular weight excluding hydrogens is 647 g/mol. The average Bonchev–Trinajstić information content (AvgIpc) is 2.95. The van der Waals surface area contributed by atoms with Crippen molar-refractivity contribution in [1.82, 2.24) is 0 Å². The molecule has 2 nitrogen and oxygen atoms in total. The predicted molar refractivity (Wildman–Crippen MR) is 197 cm³/mol. The first kappa shape index (κ1) is 39.9. The van der Waals surface area contributed by atoms with Gasteiger partial charge in [-0.2, -0.15) is 0 Å². The van der Waals surface area contributed by atoms with E-state index in [1.165, 1.54) is 86.8 Å². The standard InChI is InChI=1S/C38H64N2Si2.Pd/c1-11-13-15-17-18-20-22-38(40-36-29-25-34(26-30-36)32(4)42(8,9)10)37(21-19-16-14-12-2)39-35-27-23-33(24-28-35)31(3)41(5,6)7;/h23-32H,11-22H2,1-10H3;/b39-37+,40-38+;. The number of rotatable bonds is 19. The van der Waals surface area contributed by atoms with Gasteiger partial charge in [-0.05, 0) is 72.2 Å². The van der Waals surface area contributed by atoms with E-state index in [9.17, 15) is 0 Å². The predicted octanol–water partition coefficient (Wildman–Crippen LogP) is 13.2. The van der Waals surface area contributed by atoms with Crippen molar-refractivity contribution in [2.45, 2.75) is 155 Å². The second kappa shape index (κ2) is 20.1. The van der Waals surface area contributed by atoms with E-state index in [1.807, 2.05) is 0 Å². The van der Waals surface area contributed by atoms with E-state index in [0.717, 1.165) is 24.2 Å². The number of hydrogen-bond donors (Lipinski definition) is 0. The van der Waals surface area contributed by atoms with E-state index in [-0.39, 0.29) is 20.4 Å². The van der Waals surface area contributed by atoms with Crippen LogP contribution in [-0.2, 0) is 20.4 Å². The average molecular weight is 712 g/mol. The molecule has 0 bridgehead atoms. The Balaban J connectivity index is 0.00000924. The van der Waals surface area contributed by atoms with Gasteiger partial charge >= 0.3 is 0 Å². The van der Waals surface area contributed by atoms with Crippen molar-refractivity contribution in [3.8, 4) is 0 Å². The fourth-order valence-corrected chi connectivity index (χ4v) is 7.69. The molecule has 0 spiro atoms. The second-order valence-corrected chi connectivity index (χ2v) is 26.0. The third-order valence-corrected chi connectivity index (χ3v) is 15.1. The van der Waals surface area contributed by atoms with Crippen molar-refractivity contribution in [2.24, 2.45) is 9.98 Å². The van der Waals surface area contributed by atoms with Crippen LogP contribution in [0.15, 0.2) is 58.5 Å². The summed E-state index contributed by atoms with van der Waals surface area (Å²) in [7, 11) is -2.48. The number of aliphatic imine (C=N–C) groups is 2. The molecule has 2 unspecified atom stereocenters. The van der Waals surface area contributed by atoms with Crippen LogP contribution in [0.5, 0.6) is 0 Å². The first-order valence-electron chi connectivity index (χ1n) is 17.2.